The number of amides is 2. The molecule has 0 bridgehead atoms. The van der Waals surface area contributed by atoms with Gasteiger partial charge in [0.25, 0.3) is 0 Å². The van der Waals surface area contributed by atoms with E-state index in [1.165, 1.54) is 0 Å². The summed E-state index contributed by atoms with van der Waals surface area (Å²) >= 11 is 0. The SMILES string of the molecule is Cc1cccc(C(NC(=O)N(C)CC(O)C2CC2)c2ccccn2)c1. The van der Waals surface area contributed by atoms with Crippen LogP contribution in [0.3, 0.4) is 0 Å². The van der Waals surface area contributed by atoms with Crippen molar-refractivity contribution >= 4 is 6.03 Å². The highest BCUT2D eigenvalue weighted by Crippen LogP contribution is 2.32. The molecule has 5 nitrogen and oxygen atoms in total. The molecule has 0 spiro atoms. The average Bonchev–Trinajstić information content (AvgIpc) is 3.45. The van der Waals surface area contributed by atoms with Gasteiger partial charge in [-0.05, 0) is 43.4 Å². The van der Waals surface area contributed by atoms with Gasteiger partial charge in [-0.3, -0.25) is 4.98 Å². The number of aliphatic hydroxyl groups excluding tert-OH is 1. The zero-order valence-electron chi connectivity index (χ0n) is 14.7. The number of aryl methyl sites for hydroxylation is 1. The van der Waals surface area contributed by atoms with Crippen LogP contribution in [0.5, 0.6) is 0 Å². The van der Waals surface area contributed by atoms with Crippen LogP contribution in [0.4, 0.5) is 4.79 Å². The lowest BCUT2D eigenvalue weighted by Crippen LogP contribution is -2.43. The Bertz CT molecular complexity index is 716. The molecule has 2 N–H and O–H groups in total. The minimum atomic E-state index is -0.442. The van der Waals surface area contributed by atoms with Crippen LogP contribution in [-0.4, -0.2) is 40.7 Å². The summed E-state index contributed by atoms with van der Waals surface area (Å²) in [6.45, 7) is 2.37. The van der Waals surface area contributed by atoms with E-state index >= 15 is 0 Å². The number of hydrogen-bond donors (Lipinski definition) is 2. The van der Waals surface area contributed by atoms with Crippen molar-refractivity contribution in [3.63, 3.8) is 0 Å². The fraction of sp³-hybridized carbons (Fsp3) is 0.400. The molecule has 0 saturated heterocycles. The van der Waals surface area contributed by atoms with Gasteiger partial charge in [-0.2, -0.15) is 0 Å². The number of hydrogen-bond acceptors (Lipinski definition) is 3. The quantitative estimate of drug-likeness (QED) is 0.850. The van der Waals surface area contributed by atoms with Crippen molar-refractivity contribution in [3.8, 4) is 0 Å². The molecular formula is C20H25N3O2. The van der Waals surface area contributed by atoms with Crippen LogP contribution >= 0.6 is 0 Å². The van der Waals surface area contributed by atoms with Crippen LogP contribution in [-0.2, 0) is 0 Å². The summed E-state index contributed by atoms with van der Waals surface area (Å²) in [5.74, 6) is 0.346. The molecular weight excluding hydrogens is 314 g/mol. The second-order valence-corrected chi connectivity index (χ2v) is 6.84. The van der Waals surface area contributed by atoms with Crippen LogP contribution < -0.4 is 5.32 Å². The standard InChI is InChI=1S/C20H25N3O2/c1-14-6-5-7-16(12-14)19(17-8-3-4-11-21-17)22-20(25)23(2)13-18(24)15-9-10-15/h3-8,11-12,15,18-19,24H,9-10,13H2,1-2H3,(H,22,25). The molecule has 25 heavy (non-hydrogen) atoms. The highest BCUT2D eigenvalue weighted by Gasteiger charge is 2.31. The van der Waals surface area contributed by atoms with E-state index in [4.69, 9.17) is 0 Å². The molecule has 1 fully saturated rings. The van der Waals surface area contributed by atoms with E-state index in [-0.39, 0.29) is 12.1 Å². The van der Waals surface area contributed by atoms with Crippen molar-refractivity contribution < 1.29 is 9.90 Å². The number of pyridine rings is 1. The minimum Gasteiger partial charge on any atom is -0.391 e. The Morgan fingerprint density at radius 1 is 1.32 bits per heavy atom. The number of benzene rings is 1. The number of aromatic nitrogens is 1. The van der Waals surface area contributed by atoms with Crippen molar-refractivity contribution in [2.45, 2.75) is 31.9 Å². The number of nitrogens with zero attached hydrogens (tertiary/aromatic N) is 2. The summed E-state index contributed by atoms with van der Waals surface area (Å²) in [6, 6.07) is 13.2. The number of carbonyl (C=O) groups is 1. The molecule has 1 aliphatic carbocycles. The van der Waals surface area contributed by atoms with Gasteiger partial charge >= 0.3 is 6.03 Å². The number of rotatable bonds is 6. The molecule has 0 radical (unpaired) electrons. The Balaban J connectivity index is 1.76. The Labute approximate surface area is 148 Å². The predicted molar refractivity (Wildman–Crippen MR) is 97.2 cm³/mol. The number of nitrogens with one attached hydrogen (secondary N) is 1. The van der Waals surface area contributed by atoms with Crippen molar-refractivity contribution in [1.82, 2.24) is 15.2 Å². The average molecular weight is 339 g/mol. The van der Waals surface area contributed by atoms with Crippen LogP contribution in [0.1, 0.15) is 35.7 Å². The first-order chi connectivity index (χ1) is 12.0. The first kappa shape index (κ1) is 17.4. The van der Waals surface area contributed by atoms with Crippen molar-refractivity contribution in [2.75, 3.05) is 13.6 Å². The number of carbonyl (C=O) groups excluding carboxylic acids is 1. The van der Waals surface area contributed by atoms with E-state index in [1.807, 2.05) is 43.3 Å². The van der Waals surface area contributed by atoms with Gasteiger partial charge in [0.05, 0.1) is 17.8 Å². The summed E-state index contributed by atoms with van der Waals surface area (Å²) < 4.78 is 0. The summed E-state index contributed by atoms with van der Waals surface area (Å²) in [5, 5.41) is 13.1. The van der Waals surface area contributed by atoms with Gasteiger partial charge in [0.15, 0.2) is 0 Å². The van der Waals surface area contributed by atoms with Crippen LogP contribution in [0, 0.1) is 12.8 Å². The second kappa shape index (κ2) is 7.66. The molecule has 2 aromatic rings. The Morgan fingerprint density at radius 2 is 2.12 bits per heavy atom. The first-order valence-corrected chi connectivity index (χ1v) is 8.72. The molecule has 3 rings (SSSR count). The normalized spacial score (nSPS) is 16.1. The zero-order chi connectivity index (χ0) is 17.8. The molecule has 0 aliphatic heterocycles. The maximum atomic E-state index is 12.6. The lowest BCUT2D eigenvalue weighted by molar-refractivity contribution is 0.113. The van der Waals surface area contributed by atoms with Crippen molar-refractivity contribution in [3.05, 3.63) is 65.5 Å². The van der Waals surface area contributed by atoms with Crippen LogP contribution in [0.25, 0.3) is 0 Å². The summed E-state index contributed by atoms with van der Waals surface area (Å²) in [7, 11) is 1.71. The first-order valence-electron chi connectivity index (χ1n) is 8.72. The molecule has 1 aliphatic rings. The van der Waals surface area contributed by atoms with E-state index in [9.17, 15) is 9.90 Å². The third kappa shape index (κ3) is 4.57. The Kier molecular flexibility index (Phi) is 5.34. The fourth-order valence-electron chi connectivity index (χ4n) is 2.95. The summed E-state index contributed by atoms with van der Waals surface area (Å²) in [6.07, 6.45) is 3.39. The molecule has 2 unspecified atom stereocenters. The van der Waals surface area contributed by atoms with Gasteiger partial charge in [-0.25, -0.2) is 4.79 Å². The Morgan fingerprint density at radius 3 is 2.76 bits per heavy atom. The van der Waals surface area contributed by atoms with Gasteiger partial charge in [0.1, 0.15) is 0 Å². The van der Waals surface area contributed by atoms with Crippen LogP contribution in [0.15, 0.2) is 48.7 Å². The van der Waals surface area contributed by atoms with Crippen molar-refractivity contribution in [2.24, 2.45) is 5.92 Å². The number of urea groups is 1. The largest absolute Gasteiger partial charge is 0.391 e. The smallest absolute Gasteiger partial charge is 0.318 e. The molecule has 5 heteroatoms. The van der Waals surface area contributed by atoms with E-state index < -0.39 is 6.10 Å². The molecule has 1 heterocycles. The van der Waals surface area contributed by atoms with E-state index in [2.05, 4.69) is 16.4 Å². The monoisotopic (exact) mass is 339 g/mol. The molecule has 2 atom stereocenters. The van der Waals surface area contributed by atoms with Gasteiger partial charge in [-0.1, -0.05) is 35.9 Å². The van der Waals surface area contributed by atoms with E-state index in [1.54, 1.807) is 18.1 Å². The van der Waals surface area contributed by atoms with E-state index in [0.717, 1.165) is 29.7 Å². The minimum absolute atomic E-state index is 0.211. The van der Waals surface area contributed by atoms with E-state index in [0.29, 0.717) is 12.5 Å². The molecule has 1 aromatic heterocycles. The molecule has 2 amide bonds. The van der Waals surface area contributed by atoms with Gasteiger partial charge in [-0.15, -0.1) is 0 Å². The maximum absolute atomic E-state index is 12.6. The predicted octanol–water partition coefficient (Wildman–Crippen LogP) is 2.89. The fourth-order valence-corrected chi connectivity index (χ4v) is 2.95. The maximum Gasteiger partial charge on any atom is 0.318 e. The third-order valence-corrected chi connectivity index (χ3v) is 4.60. The highest BCUT2D eigenvalue weighted by atomic mass is 16.3. The van der Waals surface area contributed by atoms with Gasteiger partial charge < -0.3 is 15.3 Å². The number of likely N-dealkylation sites (N-methyl/N-ethyl adjacent to an activating group) is 1. The molecule has 1 aromatic carbocycles. The third-order valence-electron chi connectivity index (χ3n) is 4.60. The second-order valence-electron chi connectivity index (χ2n) is 6.84. The summed E-state index contributed by atoms with van der Waals surface area (Å²) in [5.41, 5.74) is 2.91. The lowest BCUT2D eigenvalue weighted by atomic mass is 10.0. The van der Waals surface area contributed by atoms with Crippen molar-refractivity contribution in [1.29, 1.82) is 0 Å². The zero-order valence-corrected chi connectivity index (χ0v) is 14.7. The number of aliphatic hydroxyl groups is 1. The Hall–Kier alpha value is -2.40. The topological polar surface area (TPSA) is 65.5 Å². The molecule has 1 saturated carbocycles. The van der Waals surface area contributed by atoms with Crippen LogP contribution in [0.2, 0.25) is 0 Å². The lowest BCUT2D eigenvalue weighted by Gasteiger charge is -2.25. The van der Waals surface area contributed by atoms with Gasteiger partial charge in [0, 0.05) is 19.8 Å². The molecule has 132 valence electrons. The summed E-state index contributed by atoms with van der Waals surface area (Å²) in [4.78, 5) is 18.6. The van der Waals surface area contributed by atoms with Gasteiger partial charge in [0.2, 0.25) is 0 Å². The highest BCUT2D eigenvalue weighted by molar-refractivity contribution is 5.75.